The van der Waals surface area contributed by atoms with Crippen LogP contribution < -0.4 is 5.32 Å². The molecule has 0 saturated heterocycles. The van der Waals surface area contributed by atoms with E-state index >= 15 is 0 Å². The van der Waals surface area contributed by atoms with Crippen LogP contribution in [0.1, 0.15) is 14.5 Å². The maximum absolute atomic E-state index is 12.1. The molecule has 120 valence electrons. The molecule has 0 atom stereocenters. The molecule has 0 fully saturated rings. The van der Waals surface area contributed by atoms with E-state index in [9.17, 15) is 18.0 Å². The lowest BCUT2D eigenvalue weighted by molar-refractivity contribution is -0.115. The number of aromatic nitrogens is 2. The number of hydrogen-bond acceptors (Lipinski definition) is 8. The maximum Gasteiger partial charge on any atom is 0.405 e. The highest BCUT2D eigenvalue weighted by Gasteiger charge is 2.27. The van der Waals surface area contributed by atoms with Crippen LogP contribution in [-0.2, 0) is 10.5 Å². The van der Waals surface area contributed by atoms with Gasteiger partial charge in [-0.15, -0.1) is 21.5 Å². The topological polar surface area (TPSA) is 64.1 Å². The van der Waals surface area contributed by atoms with Crippen LogP contribution in [0.2, 0.25) is 0 Å². The fourth-order valence-corrected chi connectivity index (χ4v) is 4.03. The molecule has 2 heterocycles. The molecular formula is C11H10F3N3O2S3. The zero-order valence-electron chi connectivity index (χ0n) is 11.1. The highest BCUT2D eigenvalue weighted by Crippen LogP contribution is 2.31. The molecule has 0 amide bonds. The second-order valence-corrected chi connectivity index (χ2v) is 7.26. The van der Waals surface area contributed by atoms with Gasteiger partial charge in [-0.3, -0.25) is 0 Å². The molecule has 11 heteroatoms. The van der Waals surface area contributed by atoms with E-state index in [1.807, 2.05) is 0 Å². The number of alkyl halides is 3. The predicted molar refractivity (Wildman–Crippen MR) is 79.7 cm³/mol. The second-order valence-electron chi connectivity index (χ2n) is 3.89. The van der Waals surface area contributed by atoms with E-state index in [2.05, 4.69) is 20.3 Å². The van der Waals surface area contributed by atoms with Gasteiger partial charge in [0.05, 0.1) is 7.11 Å². The summed E-state index contributed by atoms with van der Waals surface area (Å²) in [5.74, 6) is 0.158. The van der Waals surface area contributed by atoms with E-state index in [0.717, 1.165) is 16.2 Å². The lowest BCUT2D eigenvalue weighted by Gasteiger charge is -2.05. The number of rotatable bonds is 6. The first-order chi connectivity index (χ1) is 10.4. The van der Waals surface area contributed by atoms with Crippen molar-refractivity contribution in [3.05, 3.63) is 21.9 Å². The van der Waals surface area contributed by atoms with E-state index in [4.69, 9.17) is 0 Å². The minimum absolute atomic E-state index is 0.126. The molecule has 0 aliphatic carbocycles. The Bertz CT molecular complexity index is 642. The third kappa shape index (κ3) is 5.14. The number of carbonyl (C=O) groups is 1. The minimum Gasteiger partial charge on any atom is -0.465 e. The molecule has 0 radical (unpaired) electrons. The summed E-state index contributed by atoms with van der Waals surface area (Å²) in [6.07, 6.45) is -4.29. The van der Waals surface area contributed by atoms with Crippen molar-refractivity contribution in [1.29, 1.82) is 0 Å². The highest BCUT2D eigenvalue weighted by molar-refractivity contribution is 8.00. The van der Waals surface area contributed by atoms with Gasteiger partial charge in [-0.25, -0.2) is 4.79 Å². The molecule has 0 spiro atoms. The minimum atomic E-state index is -4.29. The van der Waals surface area contributed by atoms with Gasteiger partial charge < -0.3 is 10.1 Å². The van der Waals surface area contributed by atoms with E-state index in [0.29, 0.717) is 15.0 Å². The molecule has 2 aromatic heterocycles. The van der Waals surface area contributed by atoms with Crippen LogP contribution in [0.25, 0.3) is 0 Å². The van der Waals surface area contributed by atoms with Crippen molar-refractivity contribution in [2.75, 3.05) is 19.0 Å². The number of methoxy groups -OCH3 is 1. The van der Waals surface area contributed by atoms with Crippen LogP contribution in [0.3, 0.4) is 0 Å². The van der Waals surface area contributed by atoms with Gasteiger partial charge in [0.1, 0.15) is 11.4 Å². The SMILES string of the molecule is COC(=O)c1ccc(CSc2nnc(NCC(F)(F)F)s2)s1. The Kier molecular flexibility index (Phi) is 5.64. The van der Waals surface area contributed by atoms with Gasteiger partial charge >= 0.3 is 12.1 Å². The van der Waals surface area contributed by atoms with Crippen LogP contribution in [0.15, 0.2) is 16.5 Å². The average molecular weight is 369 g/mol. The van der Waals surface area contributed by atoms with Gasteiger partial charge in [-0.2, -0.15) is 13.2 Å². The zero-order valence-corrected chi connectivity index (χ0v) is 13.6. The molecular weight excluding hydrogens is 359 g/mol. The van der Waals surface area contributed by atoms with Gasteiger partial charge in [0.15, 0.2) is 4.34 Å². The Hall–Kier alpha value is -1.33. The van der Waals surface area contributed by atoms with Crippen LogP contribution in [-0.4, -0.2) is 36.0 Å². The number of esters is 1. The van der Waals surface area contributed by atoms with Crippen molar-refractivity contribution < 1.29 is 22.7 Å². The van der Waals surface area contributed by atoms with Crippen LogP contribution in [0.5, 0.6) is 0 Å². The number of hydrogen-bond donors (Lipinski definition) is 1. The van der Waals surface area contributed by atoms with E-state index in [1.165, 1.54) is 30.2 Å². The summed E-state index contributed by atoms with van der Waals surface area (Å²) in [5.41, 5.74) is 0. The number of thiophene rings is 1. The highest BCUT2D eigenvalue weighted by atomic mass is 32.2. The van der Waals surface area contributed by atoms with Crippen LogP contribution >= 0.6 is 34.4 Å². The number of nitrogens with zero attached hydrogens (tertiary/aromatic N) is 2. The smallest absolute Gasteiger partial charge is 0.405 e. The fourth-order valence-electron chi connectivity index (χ4n) is 1.31. The Morgan fingerprint density at radius 3 is 2.82 bits per heavy atom. The van der Waals surface area contributed by atoms with Gasteiger partial charge in [0.2, 0.25) is 5.13 Å². The predicted octanol–water partition coefficient (Wildman–Crippen LogP) is 3.65. The lowest BCUT2D eigenvalue weighted by atomic mass is 10.4. The summed E-state index contributed by atoms with van der Waals surface area (Å²) >= 11 is 3.70. The Morgan fingerprint density at radius 2 is 2.14 bits per heavy atom. The molecule has 0 unspecified atom stereocenters. The average Bonchev–Trinajstić information content (AvgIpc) is 3.10. The molecule has 0 saturated carbocycles. The molecule has 22 heavy (non-hydrogen) atoms. The molecule has 1 N–H and O–H groups in total. The summed E-state index contributed by atoms with van der Waals surface area (Å²) in [6.45, 7) is -1.14. The first kappa shape index (κ1) is 17.0. The summed E-state index contributed by atoms with van der Waals surface area (Å²) in [5, 5.41) is 9.75. The molecule has 0 aromatic carbocycles. The molecule has 5 nitrogen and oxygen atoms in total. The summed E-state index contributed by atoms with van der Waals surface area (Å²) in [7, 11) is 1.31. The quantitative estimate of drug-likeness (QED) is 0.619. The first-order valence-corrected chi connectivity index (χ1v) is 8.43. The van der Waals surface area contributed by atoms with Crippen molar-refractivity contribution >= 4 is 45.5 Å². The fraction of sp³-hybridized carbons (Fsp3) is 0.364. The first-order valence-electron chi connectivity index (χ1n) is 5.81. The Labute approximate surface area is 135 Å². The van der Waals surface area contributed by atoms with E-state index < -0.39 is 18.7 Å². The van der Waals surface area contributed by atoms with Gasteiger partial charge in [-0.05, 0) is 12.1 Å². The number of nitrogens with one attached hydrogen (secondary N) is 1. The lowest BCUT2D eigenvalue weighted by Crippen LogP contribution is -2.21. The van der Waals surface area contributed by atoms with Gasteiger partial charge in [0, 0.05) is 10.6 Å². The number of thioether (sulfide) groups is 1. The van der Waals surface area contributed by atoms with Crippen LogP contribution in [0.4, 0.5) is 18.3 Å². The normalized spacial score (nSPS) is 11.5. The summed E-state index contributed by atoms with van der Waals surface area (Å²) in [4.78, 5) is 12.8. The Morgan fingerprint density at radius 1 is 1.36 bits per heavy atom. The van der Waals surface area contributed by atoms with Crippen molar-refractivity contribution in [3.8, 4) is 0 Å². The molecule has 2 aromatic rings. The largest absolute Gasteiger partial charge is 0.465 e. The van der Waals surface area contributed by atoms with Crippen molar-refractivity contribution in [1.82, 2.24) is 10.2 Å². The molecule has 0 aliphatic rings. The van der Waals surface area contributed by atoms with Crippen molar-refractivity contribution in [3.63, 3.8) is 0 Å². The second kappa shape index (κ2) is 7.29. The van der Waals surface area contributed by atoms with E-state index in [1.54, 1.807) is 12.1 Å². The van der Waals surface area contributed by atoms with Gasteiger partial charge in [0.25, 0.3) is 0 Å². The number of carbonyl (C=O) groups excluding carboxylic acids is 1. The Balaban J connectivity index is 1.86. The van der Waals surface area contributed by atoms with Gasteiger partial charge in [-0.1, -0.05) is 23.1 Å². The summed E-state index contributed by atoms with van der Waals surface area (Å²) < 4.78 is 41.4. The zero-order chi connectivity index (χ0) is 16.2. The third-order valence-electron chi connectivity index (χ3n) is 2.23. The monoisotopic (exact) mass is 369 g/mol. The number of ether oxygens (including phenoxy) is 1. The molecule has 2 rings (SSSR count). The molecule has 0 bridgehead atoms. The number of anilines is 1. The maximum atomic E-state index is 12.1. The standard InChI is InChI=1S/C11H10F3N3O2S3/c1-19-8(18)7-3-2-6(21-7)4-20-10-17-16-9(22-10)15-5-11(12,13)14/h2-3H,4-5H2,1H3,(H,15,16). The van der Waals surface area contributed by atoms with Crippen LogP contribution in [0, 0.1) is 0 Å². The molecule has 0 aliphatic heterocycles. The summed E-state index contributed by atoms with van der Waals surface area (Å²) in [6, 6.07) is 3.47. The number of halogens is 3. The van der Waals surface area contributed by atoms with Crippen molar-refractivity contribution in [2.24, 2.45) is 0 Å². The van der Waals surface area contributed by atoms with E-state index in [-0.39, 0.29) is 5.13 Å². The van der Waals surface area contributed by atoms with Crippen molar-refractivity contribution in [2.45, 2.75) is 16.3 Å². The third-order valence-corrected chi connectivity index (χ3v) is 5.54.